The van der Waals surface area contributed by atoms with Gasteiger partial charge in [-0.1, -0.05) is 25.5 Å². The maximum atomic E-state index is 3.72. The highest BCUT2D eigenvalue weighted by Gasteiger charge is 2.27. The topological polar surface area (TPSA) is 15.3 Å². The van der Waals surface area contributed by atoms with Crippen LogP contribution in [0.4, 0.5) is 5.69 Å². The van der Waals surface area contributed by atoms with E-state index < -0.39 is 0 Å². The zero-order valence-electron chi connectivity index (χ0n) is 11.9. The van der Waals surface area contributed by atoms with Crippen LogP contribution in [-0.2, 0) is 0 Å². The van der Waals surface area contributed by atoms with Gasteiger partial charge in [0.15, 0.2) is 0 Å². The van der Waals surface area contributed by atoms with Gasteiger partial charge in [0.05, 0.1) is 0 Å². The Morgan fingerprint density at radius 1 is 1.22 bits per heavy atom. The van der Waals surface area contributed by atoms with Crippen molar-refractivity contribution in [3.63, 3.8) is 0 Å². The molecule has 1 saturated carbocycles. The molecular formula is C16H26N2. The number of nitrogens with one attached hydrogen (secondary N) is 1. The number of anilines is 1. The number of rotatable bonds is 6. The van der Waals surface area contributed by atoms with E-state index in [0.717, 1.165) is 12.5 Å². The zero-order valence-corrected chi connectivity index (χ0v) is 11.9. The lowest BCUT2D eigenvalue weighted by Crippen LogP contribution is -2.32. The first-order chi connectivity index (χ1) is 8.72. The first-order valence-corrected chi connectivity index (χ1v) is 7.23. The van der Waals surface area contributed by atoms with Crippen molar-refractivity contribution in [2.45, 2.75) is 38.6 Å². The molecule has 18 heavy (non-hydrogen) atoms. The zero-order chi connectivity index (χ0) is 13.0. The SMILES string of the molecule is CCCNC(c1ccc(N(C)C)cc1)C1CCC1. The monoisotopic (exact) mass is 246 g/mol. The maximum absolute atomic E-state index is 3.72. The van der Waals surface area contributed by atoms with Crippen molar-refractivity contribution in [2.75, 3.05) is 25.5 Å². The van der Waals surface area contributed by atoms with Crippen molar-refractivity contribution in [1.82, 2.24) is 5.32 Å². The Morgan fingerprint density at radius 2 is 1.89 bits per heavy atom. The van der Waals surface area contributed by atoms with Gasteiger partial charge in [-0.2, -0.15) is 0 Å². The minimum absolute atomic E-state index is 0.565. The fraction of sp³-hybridized carbons (Fsp3) is 0.625. The number of hydrogen-bond acceptors (Lipinski definition) is 2. The summed E-state index contributed by atoms with van der Waals surface area (Å²) < 4.78 is 0. The van der Waals surface area contributed by atoms with Crippen LogP contribution in [0.3, 0.4) is 0 Å². The Morgan fingerprint density at radius 3 is 2.33 bits per heavy atom. The fourth-order valence-corrected chi connectivity index (χ4v) is 2.61. The molecule has 0 aromatic heterocycles. The van der Waals surface area contributed by atoms with Crippen LogP contribution in [0.1, 0.15) is 44.2 Å². The number of nitrogens with zero attached hydrogens (tertiary/aromatic N) is 1. The lowest BCUT2D eigenvalue weighted by Gasteiger charge is -2.35. The molecule has 100 valence electrons. The Bertz CT molecular complexity index is 352. The normalized spacial score (nSPS) is 17.3. The van der Waals surface area contributed by atoms with Crippen molar-refractivity contribution in [3.8, 4) is 0 Å². The van der Waals surface area contributed by atoms with Gasteiger partial charge in [0.1, 0.15) is 0 Å². The van der Waals surface area contributed by atoms with E-state index in [2.05, 4.69) is 55.5 Å². The molecule has 1 atom stereocenters. The van der Waals surface area contributed by atoms with Gasteiger partial charge in [0, 0.05) is 25.8 Å². The Labute approximate surface area is 111 Å². The summed E-state index contributed by atoms with van der Waals surface area (Å²) in [5, 5.41) is 3.72. The van der Waals surface area contributed by atoms with Gasteiger partial charge in [0.2, 0.25) is 0 Å². The summed E-state index contributed by atoms with van der Waals surface area (Å²) in [7, 11) is 4.18. The number of hydrogen-bond donors (Lipinski definition) is 1. The molecule has 1 fully saturated rings. The summed E-state index contributed by atoms with van der Waals surface area (Å²) in [6.45, 7) is 3.36. The molecule has 0 spiro atoms. The van der Waals surface area contributed by atoms with Crippen LogP contribution in [0.25, 0.3) is 0 Å². The van der Waals surface area contributed by atoms with E-state index in [9.17, 15) is 0 Å². The summed E-state index contributed by atoms with van der Waals surface area (Å²) in [6, 6.07) is 9.61. The molecule has 1 aromatic rings. The summed E-state index contributed by atoms with van der Waals surface area (Å²) in [5.41, 5.74) is 2.74. The van der Waals surface area contributed by atoms with Gasteiger partial charge < -0.3 is 10.2 Å². The second-order valence-electron chi connectivity index (χ2n) is 5.61. The third-order valence-corrected chi connectivity index (χ3v) is 4.00. The van der Waals surface area contributed by atoms with E-state index in [0.29, 0.717) is 6.04 Å². The van der Waals surface area contributed by atoms with Gasteiger partial charge in [-0.3, -0.25) is 0 Å². The lowest BCUT2D eigenvalue weighted by atomic mass is 9.77. The molecule has 2 rings (SSSR count). The van der Waals surface area contributed by atoms with Crippen molar-refractivity contribution in [3.05, 3.63) is 29.8 Å². The second-order valence-corrected chi connectivity index (χ2v) is 5.61. The molecule has 1 aromatic carbocycles. The molecule has 0 aliphatic heterocycles. The van der Waals surface area contributed by atoms with Crippen molar-refractivity contribution < 1.29 is 0 Å². The van der Waals surface area contributed by atoms with Crippen LogP contribution in [0.5, 0.6) is 0 Å². The highest BCUT2D eigenvalue weighted by molar-refractivity contribution is 5.46. The molecule has 1 aliphatic rings. The molecule has 0 bridgehead atoms. The fourth-order valence-electron chi connectivity index (χ4n) is 2.61. The Kier molecular flexibility index (Phi) is 4.65. The van der Waals surface area contributed by atoms with Crippen molar-refractivity contribution >= 4 is 5.69 Å². The predicted molar refractivity (Wildman–Crippen MR) is 79.1 cm³/mol. The minimum Gasteiger partial charge on any atom is -0.378 e. The second kappa shape index (κ2) is 6.24. The maximum Gasteiger partial charge on any atom is 0.0361 e. The van der Waals surface area contributed by atoms with Crippen LogP contribution >= 0.6 is 0 Å². The molecule has 0 saturated heterocycles. The van der Waals surface area contributed by atoms with E-state index in [1.807, 2.05) is 0 Å². The molecular weight excluding hydrogens is 220 g/mol. The molecule has 1 unspecified atom stereocenters. The highest BCUT2D eigenvalue weighted by Crippen LogP contribution is 2.38. The van der Waals surface area contributed by atoms with Crippen LogP contribution in [0, 0.1) is 5.92 Å². The van der Waals surface area contributed by atoms with Gasteiger partial charge in [-0.15, -0.1) is 0 Å². The predicted octanol–water partition coefficient (Wildman–Crippen LogP) is 3.59. The van der Waals surface area contributed by atoms with Crippen LogP contribution < -0.4 is 10.2 Å². The molecule has 0 heterocycles. The van der Waals surface area contributed by atoms with Gasteiger partial charge in [-0.25, -0.2) is 0 Å². The van der Waals surface area contributed by atoms with Gasteiger partial charge >= 0.3 is 0 Å². The molecule has 1 aliphatic carbocycles. The van der Waals surface area contributed by atoms with E-state index >= 15 is 0 Å². The average Bonchev–Trinajstić information content (AvgIpc) is 2.32. The van der Waals surface area contributed by atoms with Gasteiger partial charge in [-0.05, 0) is 49.4 Å². The van der Waals surface area contributed by atoms with E-state index in [1.165, 1.54) is 36.9 Å². The molecule has 0 amide bonds. The average molecular weight is 246 g/mol. The quantitative estimate of drug-likeness (QED) is 0.825. The summed E-state index contributed by atoms with van der Waals surface area (Å²) in [5.74, 6) is 0.849. The third kappa shape index (κ3) is 3.05. The van der Waals surface area contributed by atoms with E-state index in [1.54, 1.807) is 0 Å². The van der Waals surface area contributed by atoms with E-state index in [-0.39, 0.29) is 0 Å². The Hall–Kier alpha value is -1.02. The van der Waals surface area contributed by atoms with Gasteiger partial charge in [0.25, 0.3) is 0 Å². The minimum atomic E-state index is 0.565. The van der Waals surface area contributed by atoms with E-state index in [4.69, 9.17) is 0 Å². The first kappa shape index (κ1) is 13.4. The highest BCUT2D eigenvalue weighted by atomic mass is 15.1. The standard InChI is InChI=1S/C16H26N2/c1-4-12-17-16(13-6-5-7-13)14-8-10-15(11-9-14)18(2)3/h8-11,13,16-17H,4-7,12H2,1-3H3. The molecule has 1 N–H and O–H groups in total. The molecule has 0 radical (unpaired) electrons. The lowest BCUT2D eigenvalue weighted by molar-refractivity contribution is 0.231. The first-order valence-electron chi connectivity index (χ1n) is 7.23. The largest absolute Gasteiger partial charge is 0.378 e. The van der Waals surface area contributed by atoms with Crippen LogP contribution in [-0.4, -0.2) is 20.6 Å². The molecule has 2 heteroatoms. The summed E-state index contributed by atoms with van der Waals surface area (Å²) in [4.78, 5) is 2.15. The van der Waals surface area contributed by atoms with Crippen molar-refractivity contribution in [1.29, 1.82) is 0 Å². The summed E-state index contributed by atoms with van der Waals surface area (Å²) >= 11 is 0. The summed E-state index contributed by atoms with van der Waals surface area (Å²) in [6.07, 6.45) is 5.39. The Balaban J connectivity index is 2.08. The molecule has 2 nitrogen and oxygen atoms in total. The van der Waals surface area contributed by atoms with Crippen LogP contribution in [0.15, 0.2) is 24.3 Å². The van der Waals surface area contributed by atoms with Crippen molar-refractivity contribution in [2.24, 2.45) is 5.92 Å². The smallest absolute Gasteiger partial charge is 0.0361 e. The number of benzene rings is 1. The third-order valence-electron chi connectivity index (χ3n) is 4.00. The van der Waals surface area contributed by atoms with Crippen LogP contribution in [0.2, 0.25) is 0 Å².